The highest BCUT2D eigenvalue weighted by Gasteiger charge is 2.14. The Morgan fingerprint density at radius 3 is 2.50 bits per heavy atom. The van der Waals surface area contributed by atoms with Crippen molar-refractivity contribution in [3.8, 4) is 11.1 Å². The molecule has 0 aliphatic carbocycles. The van der Waals surface area contributed by atoms with Gasteiger partial charge in [-0.3, -0.25) is 4.98 Å². The maximum absolute atomic E-state index is 13.1. The van der Waals surface area contributed by atoms with E-state index in [9.17, 15) is 4.39 Å². The molecule has 1 unspecified atom stereocenters. The number of nitrogens with zero attached hydrogens (tertiary/aromatic N) is 4. The summed E-state index contributed by atoms with van der Waals surface area (Å²) in [6.45, 7) is 0. The number of aromatic nitrogens is 4. The Morgan fingerprint density at radius 1 is 1.00 bits per heavy atom. The molecule has 5 nitrogen and oxygen atoms in total. The monoisotopic (exact) mass is 319 g/mol. The fourth-order valence-corrected chi connectivity index (χ4v) is 2.63. The zero-order chi connectivity index (χ0) is 16.5. The molecular formula is C18H14FN5. The van der Waals surface area contributed by atoms with Crippen LogP contribution >= 0.6 is 0 Å². The van der Waals surface area contributed by atoms with Crippen molar-refractivity contribution in [1.82, 2.24) is 19.6 Å². The molecule has 0 saturated carbocycles. The number of hydrogen-bond acceptors (Lipinski definition) is 4. The van der Waals surface area contributed by atoms with Crippen molar-refractivity contribution in [1.29, 1.82) is 0 Å². The van der Waals surface area contributed by atoms with Crippen LogP contribution in [0.1, 0.15) is 17.3 Å². The van der Waals surface area contributed by atoms with Crippen LogP contribution in [0.4, 0.5) is 4.39 Å². The van der Waals surface area contributed by atoms with Gasteiger partial charge in [-0.2, -0.15) is 5.10 Å². The van der Waals surface area contributed by atoms with Crippen molar-refractivity contribution < 1.29 is 4.39 Å². The zero-order valence-electron chi connectivity index (χ0n) is 12.7. The van der Waals surface area contributed by atoms with Crippen LogP contribution in [0.15, 0.2) is 67.3 Å². The number of fused-ring (bicyclic) bond motifs is 1. The number of benzene rings is 1. The minimum Gasteiger partial charge on any atom is -0.319 e. The van der Waals surface area contributed by atoms with Crippen LogP contribution in [0.2, 0.25) is 0 Å². The average Bonchev–Trinajstić information content (AvgIpc) is 3.05. The lowest BCUT2D eigenvalue weighted by atomic mass is 10.1. The highest BCUT2D eigenvalue weighted by Crippen LogP contribution is 2.25. The number of rotatable bonds is 3. The summed E-state index contributed by atoms with van der Waals surface area (Å²) in [4.78, 5) is 8.67. The second kappa shape index (κ2) is 5.82. The molecule has 0 bridgehead atoms. The van der Waals surface area contributed by atoms with E-state index in [-0.39, 0.29) is 11.9 Å². The van der Waals surface area contributed by atoms with Gasteiger partial charge in [0.25, 0.3) is 0 Å². The van der Waals surface area contributed by atoms with E-state index in [0.29, 0.717) is 5.65 Å². The quantitative estimate of drug-likeness (QED) is 0.630. The fourth-order valence-electron chi connectivity index (χ4n) is 2.63. The highest BCUT2D eigenvalue weighted by atomic mass is 19.1. The Morgan fingerprint density at radius 2 is 1.75 bits per heavy atom. The third-order valence-electron chi connectivity index (χ3n) is 3.93. The lowest BCUT2D eigenvalue weighted by Gasteiger charge is -2.11. The van der Waals surface area contributed by atoms with E-state index in [0.717, 1.165) is 22.4 Å². The Bertz CT molecular complexity index is 979. The van der Waals surface area contributed by atoms with Gasteiger partial charge in [-0.05, 0) is 41.5 Å². The first-order valence-corrected chi connectivity index (χ1v) is 7.48. The first-order chi connectivity index (χ1) is 11.7. The maximum Gasteiger partial charge on any atom is 0.163 e. The molecule has 2 N–H and O–H groups in total. The van der Waals surface area contributed by atoms with E-state index in [1.807, 2.05) is 24.4 Å². The molecule has 3 heterocycles. The molecule has 1 atom stereocenters. The summed E-state index contributed by atoms with van der Waals surface area (Å²) >= 11 is 0. The largest absolute Gasteiger partial charge is 0.319 e. The molecule has 0 fully saturated rings. The minimum absolute atomic E-state index is 0.274. The third-order valence-corrected chi connectivity index (χ3v) is 3.93. The van der Waals surface area contributed by atoms with Crippen molar-refractivity contribution in [3.05, 3.63) is 84.3 Å². The van der Waals surface area contributed by atoms with Crippen LogP contribution in [0.3, 0.4) is 0 Å². The highest BCUT2D eigenvalue weighted by molar-refractivity contribution is 5.76. The van der Waals surface area contributed by atoms with E-state index < -0.39 is 0 Å². The summed E-state index contributed by atoms with van der Waals surface area (Å²) in [6, 6.07) is 11.5. The van der Waals surface area contributed by atoms with Gasteiger partial charge in [0.1, 0.15) is 5.82 Å². The molecule has 1 aromatic carbocycles. The van der Waals surface area contributed by atoms with Gasteiger partial charge in [-0.25, -0.2) is 13.9 Å². The van der Waals surface area contributed by atoms with Crippen molar-refractivity contribution in [2.75, 3.05) is 0 Å². The van der Waals surface area contributed by atoms with Crippen LogP contribution in [-0.4, -0.2) is 19.6 Å². The Balaban J connectivity index is 1.80. The summed E-state index contributed by atoms with van der Waals surface area (Å²) in [6.07, 6.45) is 6.95. The van der Waals surface area contributed by atoms with E-state index in [4.69, 9.17) is 5.73 Å². The van der Waals surface area contributed by atoms with E-state index >= 15 is 0 Å². The van der Waals surface area contributed by atoms with Gasteiger partial charge in [0.2, 0.25) is 0 Å². The van der Waals surface area contributed by atoms with Gasteiger partial charge < -0.3 is 5.73 Å². The van der Waals surface area contributed by atoms with Crippen molar-refractivity contribution in [3.63, 3.8) is 0 Å². The standard InChI is InChI=1S/C18H14FN5/c19-14-3-1-12(2-4-14)15-11-22-24-10-7-16(23-18(15)24)17(20)13-5-8-21-9-6-13/h1-11,17H,20H2. The predicted octanol–water partition coefficient (Wildman–Crippen LogP) is 2.98. The van der Waals surface area contributed by atoms with Gasteiger partial charge in [0.05, 0.1) is 17.9 Å². The van der Waals surface area contributed by atoms with Crippen molar-refractivity contribution in [2.24, 2.45) is 5.73 Å². The SMILES string of the molecule is NC(c1ccncc1)c1ccn2ncc(-c3ccc(F)cc3)c2n1. The predicted molar refractivity (Wildman–Crippen MR) is 88.6 cm³/mol. The number of hydrogen-bond donors (Lipinski definition) is 1. The first kappa shape index (κ1) is 14.5. The number of pyridine rings is 1. The molecule has 24 heavy (non-hydrogen) atoms. The van der Waals surface area contributed by atoms with E-state index in [1.165, 1.54) is 12.1 Å². The van der Waals surface area contributed by atoms with E-state index in [2.05, 4.69) is 15.1 Å². The Labute approximate surface area is 137 Å². The molecule has 0 amide bonds. The van der Waals surface area contributed by atoms with Gasteiger partial charge in [-0.1, -0.05) is 12.1 Å². The van der Waals surface area contributed by atoms with Gasteiger partial charge in [0, 0.05) is 24.2 Å². The number of halogens is 1. The first-order valence-electron chi connectivity index (χ1n) is 7.48. The fraction of sp³-hybridized carbons (Fsp3) is 0.0556. The number of nitrogens with two attached hydrogens (primary N) is 1. The molecular weight excluding hydrogens is 305 g/mol. The summed E-state index contributed by atoms with van der Waals surface area (Å²) in [7, 11) is 0. The lowest BCUT2D eigenvalue weighted by molar-refractivity contribution is 0.628. The molecule has 0 aliphatic heterocycles. The molecule has 0 spiro atoms. The average molecular weight is 319 g/mol. The zero-order valence-corrected chi connectivity index (χ0v) is 12.7. The molecule has 4 rings (SSSR count). The van der Waals surface area contributed by atoms with Crippen LogP contribution in [-0.2, 0) is 0 Å². The summed E-state index contributed by atoms with van der Waals surface area (Å²) < 4.78 is 14.8. The third kappa shape index (κ3) is 2.53. The molecule has 0 aliphatic rings. The maximum atomic E-state index is 13.1. The van der Waals surface area contributed by atoms with Crippen molar-refractivity contribution in [2.45, 2.75) is 6.04 Å². The van der Waals surface area contributed by atoms with Crippen molar-refractivity contribution >= 4 is 5.65 Å². The normalized spacial score (nSPS) is 12.4. The lowest BCUT2D eigenvalue weighted by Crippen LogP contribution is -2.14. The van der Waals surface area contributed by atoms with Crippen LogP contribution in [0, 0.1) is 5.82 Å². The van der Waals surface area contributed by atoms with Crippen LogP contribution in [0.25, 0.3) is 16.8 Å². The molecule has 4 aromatic rings. The molecule has 6 heteroatoms. The smallest absolute Gasteiger partial charge is 0.163 e. The molecule has 0 saturated heterocycles. The van der Waals surface area contributed by atoms with Gasteiger partial charge >= 0.3 is 0 Å². The Hall–Kier alpha value is -3.12. The molecule has 118 valence electrons. The second-order valence-corrected chi connectivity index (χ2v) is 5.44. The summed E-state index contributed by atoms with van der Waals surface area (Å²) in [5.41, 5.74) is 10.4. The minimum atomic E-state index is -0.353. The molecule has 3 aromatic heterocycles. The summed E-state index contributed by atoms with van der Waals surface area (Å²) in [5, 5.41) is 4.30. The molecule has 0 radical (unpaired) electrons. The summed E-state index contributed by atoms with van der Waals surface area (Å²) in [5.74, 6) is -0.274. The second-order valence-electron chi connectivity index (χ2n) is 5.44. The van der Waals surface area contributed by atoms with Gasteiger partial charge in [-0.15, -0.1) is 0 Å². The van der Waals surface area contributed by atoms with Crippen LogP contribution < -0.4 is 5.73 Å². The Kier molecular flexibility index (Phi) is 3.51. The van der Waals surface area contributed by atoms with Gasteiger partial charge in [0.15, 0.2) is 5.65 Å². The topological polar surface area (TPSA) is 69.1 Å². The van der Waals surface area contributed by atoms with E-state index in [1.54, 1.807) is 35.2 Å². The van der Waals surface area contributed by atoms with Crippen LogP contribution in [0.5, 0.6) is 0 Å².